The summed E-state index contributed by atoms with van der Waals surface area (Å²) in [5, 5.41) is 0. The van der Waals surface area contributed by atoms with Gasteiger partial charge in [-0.25, -0.2) is 0 Å². The molecule has 2 aliphatic rings. The number of allylic oxidation sites excluding steroid dienone is 8. The van der Waals surface area contributed by atoms with E-state index in [2.05, 4.69) is 0 Å². The molecular weight excluding hydrogens is 352 g/mol. The van der Waals surface area contributed by atoms with Crippen molar-refractivity contribution in [3.8, 4) is 0 Å². The maximum atomic E-state index is 12.8. The van der Waals surface area contributed by atoms with Gasteiger partial charge in [0.15, 0.2) is 0 Å². The minimum atomic E-state index is -4.04. The van der Waals surface area contributed by atoms with E-state index in [-0.39, 0.29) is 11.9 Å². The normalized spacial score (nSPS) is 17.4. The van der Waals surface area contributed by atoms with Gasteiger partial charge in [0, 0.05) is 0 Å². The van der Waals surface area contributed by atoms with Crippen molar-refractivity contribution in [3.05, 3.63) is 44.2 Å². The third-order valence-electron chi connectivity index (χ3n) is 4.09. The Balaban J connectivity index is 2.50. The Morgan fingerprint density at radius 3 is 1.40 bits per heavy atom. The molecule has 2 rings (SSSR count). The van der Waals surface area contributed by atoms with Crippen molar-refractivity contribution in [1.29, 1.82) is 0 Å². The molecule has 0 bridgehead atoms. The Hall–Kier alpha value is -1.39. The summed E-state index contributed by atoms with van der Waals surface area (Å²) in [4.78, 5) is 25.5. The van der Waals surface area contributed by atoms with Gasteiger partial charge in [-0.15, -0.1) is 0 Å². The van der Waals surface area contributed by atoms with Crippen molar-refractivity contribution in [3.63, 3.8) is 0 Å². The van der Waals surface area contributed by atoms with Crippen molar-refractivity contribution < 1.29 is 33.6 Å². The molecular formula is C20H28O4Ti. The molecule has 0 saturated heterocycles. The van der Waals surface area contributed by atoms with Crippen LogP contribution in [-0.4, -0.2) is 11.9 Å². The topological polar surface area (TPSA) is 52.6 Å². The Bertz CT molecular complexity index is 621. The van der Waals surface area contributed by atoms with E-state index in [1.165, 1.54) is 0 Å². The van der Waals surface area contributed by atoms with Gasteiger partial charge < -0.3 is 0 Å². The van der Waals surface area contributed by atoms with Crippen LogP contribution >= 0.6 is 0 Å². The molecule has 0 aliphatic heterocycles. The van der Waals surface area contributed by atoms with Crippen molar-refractivity contribution >= 4 is 11.9 Å². The fourth-order valence-corrected chi connectivity index (χ4v) is 7.93. The fraction of sp³-hybridized carbons (Fsp3) is 0.500. The quantitative estimate of drug-likeness (QED) is 0.655. The van der Waals surface area contributed by atoms with Gasteiger partial charge in [-0.1, -0.05) is 0 Å². The van der Waals surface area contributed by atoms with Crippen LogP contribution in [0.5, 0.6) is 0 Å². The number of hydrogen-bond donors (Lipinski definition) is 0. The molecule has 0 N–H and O–H groups in total. The second-order valence-corrected chi connectivity index (χ2v) is 13.1. The second kappa shape index (κ2) is 7.09. The first-order valence-corrected chi connectivity index (χ1v) is 11.5. The zero-order chi connectivity index (χ0) is 18.9. The van der Waals surface area contributed by atoms with Crippen LogP contribution in [0.2, 0.25) is 0 Å². The third kappa shape index (κ3) is 4.42. The Labute approximate surface area is 155 Å². The molecule has 5 heteroatoms. The molecule has 0 heterocycles. The molecule has 2 aliphatic carbocycles. The van der Waals surface area contributed by atoms with Crippen molar-refractivity contribution in [2.45, 2.75) is 54.4 Å². The average molecular weight is 380 g/mol. The van der Waals surface area contributed by atoms with Gasteiger partial charge in [-0.2, -0.15) is 0 Å². The molecule has 0 atom stereocenters. The molecule has 0 saturated carbocycles. The molecule has 136 valence electrons. The first-order valence-electron chi connectivity index (χ1n) is 8.66. The van der Waals surface area contributed by atoms with Crippen LogP contribution in [-0.2, 0) is 33.6 Å². The molecule has 25 heavy (non-hydrogen) atoms. The number of carbonyl (C=O) groups excluding carboxylic acids is 2. The van der Waals surface area contributed by atoms with Crippen LogP contribution in [0.15, 0.2) is 44.2 Å². The summed E-state index contributed by atoms with van der Waals surface area (Å²) < 4.78 is 14.1. The van der Waals surface area contributed by atoms with Gasteiger partial charge in [0.2, 0.25) is 0 Å². The van der Waals surface area contributed by atoms with E-state index in [0.717, 1.165) is 7.76 Å². The van der Waals surface area contributed by atoms with Gasteiger partial charge in [0.05, 0.1) is 0 Å². The summed E-state index contributed by atoms with van der Waals surface area (Å²) in [6.45, 7) is 10.9. The van der Waals surface area contributed by atoms with E-state index >= 15 is 0 Å². The van der Waals surface area contributed by atoms with Crippen LogP contribution in [0.4, 0.5) is 0 Å². The zero-order valence-electron chi connectivity index (χ0n) is 16.0. The Kier molecular flexibility index (Phi) is 5.65. The molecule has 0 radical (unpaired) electrons. The minimum absolute atomic E-state index is 0.324. The van der Waals surface area contributed by atoms with Crippen LogP contribution < -0.4 is 0 Å². The second-order valence-electron chi connectivity index (χ2n) is 8.54. The summed E-state index contributed by atoms with van der Waals surface area (Å²) in [7, 11) is 0. The molecule has 0 spiro atoms. The van der Waals surface area contributed by atoms with E-state index in [0.29, 0.717) is 12.8 Å². The first-order chi connectivity index (χ1) is 11.5. The van der Waals surface area contributed by atoms with E-state index in [1.807, 2.05) is 78.0 Å². The number of hydrogen-bond acceptors (Lipinski definition) is 4. The van der Waals surface area contributed by atoms with E-state index < -0.39 is 28.2 Å². The monoisotopic (exact) mass is 380 g/mol. The van der Waals surface area contributed by atoms with Crippen molar-refractivity contribution in [1.82, 2.24) is 0 Å². The van der Waals surface area contributed by atoms with Crippen LogP contribution in [0, 0.1) is 10.8 Å². The summed E-state index contributed by atoms with van der Waals surface area (Å²) in [6, 6.07) is 0. The average Bonchev–Trinajstić information content (AvgIpc) is 3.18. The molecule has 0 unspecified atom stereocenters. The van der Waals surface area contributed by atoms with Gasteiger partial charge in [-0.05, 0) is 0 Å². The summed E-state index contributed by atoms with van der Waals surface area (Å²) in [6.07, 6.45) is 13.1. The molecule has 4 nitrogen and oxygen atoms in total. The predicted molar refractivity (Wildman–Crippen MR) is 94.8 cm³/mol. The van der Waals surface area contributed by atoms with Crippen LogP contribution in [0.25, 0.3) is 0 Å². The van der Waals surface area contributed by atoms with Crippen molar-refractivity contribution in [2.24, 2.45) is 10.8 Å². The van der Waals surface area contributed by atoms with Gasteiger partial charge in [-0.3, -0.25) is 0 Å². The molecule has 0 amide bonds. The van der Waals surface area contributed by atoms with Gasteiger partial charge in [0.1, 0.15) is 0 Å². The van der Waals surface area contributed by atoms with Crippen LogP contribution in [0.1, 0.15) is 54.4 Å². The van der Waals surface area contributed by atoms with E-state index in [4.69, 9.17) is 6.64 Å². The molecule has 0 aromatic carbocycles. The summed E-state index contributed by atoms with van der Waals surface area (Å²) in [5.41, 5.74) is -1.33. The summed E-state index contributed by atoms with van der Waals surface area (Å²) in [5.74, 6) is -0.649. The van der Waals surface area contributed by atoms with Gasteiger partial charge >= 0.3 is 155 Å². The molecule has 0 aromatic rings. The number of rotatable bonds is 4. The van der Waals surface area contributed by atoms with Gasteiger partial charge in [0.25, 0.3) is 0 Å². The summed E-state index contributed by atoms with van der Waals surface area (Å²) >= 11 is -4.04. The molecule has 0 fully saturated rings. The standard InChI is InChI=1S/2C5H10O2.2C5H5.Ti/c2*1-5(2,3)4(6)7;2*1-2-4-5-3-1;/h2*1-3H3,(H,6,7);2*1-3H,4H2;/q;;;;+2/p-2. The van der Waals surface area contributed by atoms with E-state index in [1.54, 1.807) is 0 Å². The maximum absolute atomic E-state index is 12.8. The Morgan fingerprint density at radius 2 is 1.16 bits per heavy atom. The van der Waals surface area contributed by atoms with Crippen molar-refractivity contribution in [2.75, 3.05) is 0 Å². The SMILES string of the molecule is CC(C)(C)C(=O)[O][Ti]([O]C(=O)C(C)(C)C)([C]1=CC=CC1)[C]1=CC=CC1. The van der Waals surface area contributed by atoms with E-state index in [9.17, 15) is 9.59 Å². The molecule has 0 aromatic heterocycles. The van der Waals surface area contributed by atoms with Crippen LogP contribution in [0.3, 0.4) is 0 Å². The third-order valence-corrected chi connectivity index (χ3v) is 9.36. The fourth-order valence-electron chi connectivity index (χ4n) is 2.44. The zero-order valence-corrected chi connectivity index (χ0v) is 17.6. The first kappa shape index (κ1) is 19.9. The Morgan fingerprint density at radius 1 is 0.800 bits per heavy atom. The number of carbonyl (C=O) groups is 2. The predicted octanol–water partition coefficient (Wildman–Crippen LogP) is 4.84.